The van der Waals surface area contributed by atoms with E-state index in [-0.39, 0.29) is 12.5 Å². The lowest BCUT2D eigenvalue weighted by Gasteiger charge is -2.33. The average molecular weight is 394 g/mol. The van der Waals surface area contributed by atoms with Crippen LogP contribution in [0.3, 0.4) is 0 Å². The number of carbonyl (C=O) groups is 1. The van der Waals surface area contributed by atoms with Crippen LogP contribution < -0.4 is 10.1 Å². The Kier molecular flexibility index (Phi) is 5.25. The molecule has 0 aliphatic carbocycles. The molecule has 1 amide bonds. The number of ether oxygens (including phenoxy) is 1. The molecular formula is C19H20ClNO4S. The number of carbonyl (C=O) groups excluding carboxylic acids is 1. The van der Waals surface area contributed by atoms with Gasteiger partial charge in [-0.15, -0.1) is 0 Å². The third-order valence-corrected chi connectivity index (χ3v) is 6.32. The van der Waals surface area contributed by atoms with Gasteiger partial charge >= 0.3 is 0 Å². The third-order valence-electron chi connectivity index (χ3n) is 4.56. The zero-order valence-corrected chi connectivity index (χ0v) is 16.0. The van der Waals surface area contributed by atoms with Crippen LogP contribution in [0.15, 0.2) is 48.5 Å². The molecule has 2 aromatic carbocycles. The quantitative estimate of drug-likeness (QED) is 0.866. The molecule has 0 spiro atoms. The molecule has 138 valence electrons. The van der Waals surface area contributed by atoms with E-state index >= 15 is 0 Å². The van der Waals surface area contributed by atoms with Crippen LogP contribution in [0.2, 0.25) is 5.02 Å². The minimum absolute atomic E-state index is 0.105. The van der Waals surface area contributed by atoms with Crippen molar-refractivity contribution in [1.29, 1.82) is 0 Å². The Bertz CT molecular complexity index is 911. The van der Waals surface area contributed by atoms with Crippen LogP contribution in [-0.4, -0.2) is 33.2 Å². The number of sulfone groups is 1. The largest absolute Gasteiger partial charge is 0.491 e. The Balaban J connectivity index is 1.84. The van der Waals surface area contributed by atoms with Gasteiger partial charge in [-0.05, 0) is 30.7 Å². The summed E-state index contributed by atoms with van der Waals surface area (Å²) < 4.78 is 30.5. The number of benzene rings is 2. The maximum Gasteiger partial charge on any atom is 0.227 e. The zero-order chi connectivity index (χ0) is 18.9. The molecule has 0 aromatic heterocycles. The summed E-state index contributed by atoms with van der Waals surface area (Å²) in [5.41, 5.74) is 1.38. The molecule has 0 saturated carbocycles. The fourth-order valence-corrected chi connectivity index (χ4v) is 4.71. The normalized spacial score (nSPS) is 20.6. The van der Waals surface area contributed by atoms with E-state index < -0.39 is 27.0 Å². The Hall–Kier alpha value is -2.05. The Morgan fingerprint density at radius 2 is 1.85 bits per heavy atom. The maximum absolute atomic E-state index is 12.7. The van der Waals surface area contributed by atoms with Crippen LogP contribution in [0, 0.1) is 0 Å². The first-order chi connectivity index (χ1) is 12.3. The van der Waals surface area contributed by atoms with Crippen molar-refractivity contribution in [2.24, 2.45) is 0 Å². The molecule has 1 heterocycles. The second kappa shape index (κ2) is 7.29. The number of hydrogen-bond acceptors (Lipinski definition) is 4. The molecular weight excluding hydrogens is 374 g/mol. The standard InChI is InChI=1S/C19H20ClNO4S/c1-12(13-7-9-14(20)10-8-13)19(22)21-16-11-25-17-6-4-3-5-15(17)18(16)26(2,23)24/h3-10,12,16,18H,11H2,1-2H3,(H,21,22)/t12-,16?,18?/m0/s1. The highest BCUT2D eigenvalue weighted by Crippen LogP contribution is 2.37. The molecule has 5 nitrogen and oxygen atoms in total. The predicted molar refractivity (Wildman–Crippen MR) is 101 cm³/mol. The van der Waals surface area contributed by atoms with E-state index in [0.29, 0.717) is 16.3 Å². The second-order valence-electron chi connectivity index (χ2n) is 6.49. The molecule has 0 bridgehead atoms. The highest BCUT2D eigenvalue weighted by molar-refractivity contribution is 7.91. The predicted octanol–water partition coefficient (Wildman–Crippen LogP) is 3.11. The molecule has 2 aromatic rings. The molecule has 0 fully saturated rings. The van der Waals surface area contributed by atoms with Gasteiger partial charge in [-0.2, -0.15) is 0 Å². The monoisotopic (exact) mass is 393 g/mol. The number of hydrogen-bond donors (Lipinski definition) is 1. The van der Waals surface area contributed by atoms with Crippen molar-refractivity contribution in [2.75, 3.05) is 12.9 Å². The summed E-state index contributed by atoms with van der Waals surface area (Å²) >= 11 is 5.88. The summed E-state index contributed by atoms with van der Waals surface area (Å²) in [6.07, 6.45) is 1.18. The second-order valence-corrected chi connectivity index (χ2v) is 9.09. The summed E-state index contributed by atoms with van der Waals surface area (Å²) in [6, 6.07) is 13.4. The zero-order valence-electron chi connectivity index (χ0n) is 14.5. The SMILES string of the molecule is C[C@H](C(=O)NC1COc2ccccc2C1S(C)(=O)=O)c1ccc(Cl)cc1. The van der Waals surface area contributed by atoms with Crippen LogP contribution in [-0.2, 0) is 14.6 Å². The first kappa shape index (κ1) is 18.7. The summed E-state index contributed by atoms with van der Waals surface area (Å²) in [5, 5.41) is 2.61. The summed E-state index contributed by atoms with van der Waals surface area (Å²) in [6.45, 7) is 1.87. The highest BCUT2D eigenvalue weighted by Gasteiger charge is 2.39. The lowest BCUT2D eigenvalue weighted by atomic mass is 9.98. The van der Waals surface area contributed by atoms with Gasteiger partial charge in [-0.25, -0.2) is 8.42 Å². The minimum atomic E-state index is -3.44. The van der Waals surface area contributed by atoms with Crippen molar-refractivity contribution in [3.8, 4) is 5.75 Å². The van der Waals surface area contributed by atoms with Crippen LogP contribution in [0.5, 0.6) is 5.75 Å². The fraction of sp³-hybridized carbons (Fsp3) is 0.316. The van der Waals surface area contributed by atoms with Gasteiger partial charge in [0.05, 0.1) is 12.0 Å². The Morgan fingerprint density at radius 3 is 2.50 bits per heavy atom. The van der Waals surface area contributed by atoms with E-state index in [9.17, 15) is 13.2 Å². The lowest BCUT2D eigenvalue weighted by Crippen LogP contribution is -2.48. The maximum atomic E-state index is 12.7. The molecule has 0 saturated heterocycles. The highest BCUT2D eigenvalue weighted by atomic mass is 35.5. The van der Waals surface area contributed by atoms with Crippen LogP contribution in [0.25, 0.3) is 0 Å². The van der Waals surface area contributed by atoms with E-state index in [4.69, 9.17) is 16.3 Å². The summed E-state index contributed by atoms with van der Waals surface area (Å²) in [5.74, 6) is -0.155. The summed E-state index contributed by atoms with van der Waals surface area (Å²) in [4.78, 5) is 12.7. The first-order valence-corrected chi connectivity index (χ1v) is 10.6. The number of rotatable bonds is 4. The van der Waals surface area contributed by atoms with Crippen molar-refractivity contribution in [3.63, 3.8) is 0 Å². The van der Waals surface area contributed by atoms with Crippen LogP contribution in [0.1, 0.15) is 29.2 Å². The van der Waals surface area contributed by atoms with Gasteiger partial charge in [0.15, 0.2) is 9.84 Å². The number of fused-ring (bicyclic) bond motifs is 1. The smallest absolute Gasteiger partial charge is 0.227 e. The number of nitrogens with one attached hydrogen (secondary N) is 1. The molecule has 7 heteroatoms. The van der Waals surface area contributed by atoms with Gasteiger partial charge in [0.25, 0.3) is 0 Å². The number of amides is 1. The average Bonchev–Trinajstić information content (AvgIpc) is 2.60. The Labute approximate surface area is 158 Å². The molecule has 1 aliphatic rings. The Morgan fingerprint density at radius 1 is 1.19 bits per heavy atom. The van der Waals surface area contributed by atoms with Crippen molar-refractivity contribution in [1.82, 2.24) is 5.32 Å². The molecule has 1 N–H and O–H groups in total. The van der Waals surface area contributed by atoms with Crippen molar-refractivity contribution in [3.05, 3.63) is 64.7 Å². The molecule has 0 radical (unpaired) electrons. The van der Waals surface area contributed by atoms with E-state index in [2.05, 4.69) is 5.32 Å². The van der Waals surface area contributed by atoms with Crippen molar-refractivity contribution in [2.45, 2.75) is 24.1 Å². The summed E-state index contributed by atoms with van der Waals surface area (Å²) in [7, 11) is -3.44. The van der Waals surface area contributed by atoms with Gasteiger partial charge in [-0.1, -0.05) is 41.9 Å². The van der Waals surface area contributed by atoms with Gasteiger partial charge in [-0.3, -0.25) is 4.79 Å². The molecule has 3 rings (SSSR count). The topological polar surface area (TPSA) is 72.5 Å². The van der Waals surface area contributed by atoms with E-state index in [1.807, 2.05) is 0 Å². The van der Waals surface area contributed by atoms with Crippen LogP contribution in [0.4, 0.5) is 0 Å². The van der Waals surface area contributed by atoms with Gasteiger partial charge < -0.3 is 10.1 Å². The van der Waals surface area contributed by atoms with Crippen molar-refractivity contribution >= 4 is 27.3 Å². The van der Waals surface area contributed by atoms with Gasteiger partial charge in [0, 0.05) is 16.8 Å². The molecule has 1 aliphatic heterocycles. The fourth-order valence-electron chi connectivity index (χ4n) is 3.19. The number of halogens is 1. The third kappa shape index (κ3) is 3.86. The van der Waals surface area contributed by atoms with Crippen LogP contribution >= 0.6 is 11.6 Å². The molecule has 26 heavy (non-hydrogen) atoms. The lowest BCUT2D eigenvalue weighted by molar-refractivity contribution is -0.123. The minimum Gasteiger partial charge on any atom is -0.491 e. The van der Waals surface area contributed by atoms with Gasteiger partial charge in [0.2, 0.25) is 5.91 Å². The van der Waals surface area contributed by atoms with Gasteiger partial charge in [0.1, 0.15) is 17.6 Å². The first-order valence-electron chi connectivity index (χ1n) is 8.24. The van der Waals surface area contributed by atoms with E-state index in [1.165, 1.54) is 6.26 Å². The number of para-hydroxylation sites is 1. The molecule has 2 unspecified atom stereocenters. The van der Waals surface area contributed by atoms with Crippen molar-refractivity contribution < 1.29 is 17.9 Å². The molecule has 3 atom stereocenters. The van der Waals surface area contributed by atoms with E-state index in [1.54, 1.807) is 55.5 Å². The van der Waals surface area contributed by atoms with E-state index in [0.717, 1.165) is 5.56 Å².